The number of carbonyl (C=O) groups excluding carboxylic acids is 3. The van der Waals surface area contributed by atoms with E-state index in [1.165, 1.54) is 21.9 Å². The topological polar surface area (TPSA) is 60.9 Å². The van der Waals surface area contributed by atoms with Crippen LogP contribution in [0.4, 0.5) is 9.18 Å². The molecule has 2 aliphatic heterocycles. The Balaban J connectivity index is 1.56. The highest BCUT2D eigenvalue weighted by atomic mass is 19.1. The van der Waals surface area contributed by atoms with Crippen molar-refractivity contribution >= 4 is 17.8 Å². The van der Waals surface area contributed by atoms with Gasteiger partial charge in [0.2, 0.25) is 11.8 Å². The molecule has 0 aliphatic carbocycles. The van der Waals surface area contributed by atoms with Crippen molar-refractivity contribution in [3.05, 3.63) is 35.6 Å². The fourth-order valence-electron chi connectivity index (χ4n) is 3.55. The second-order valence-electron chi connectivity index (χ2n) is 6.59. The summed E-state index contributed by atoms with van der Waals surface area (Å²) in [4.78, 5) is 40.4. The minimum atomic E-state index is -0.309. The molecule has 25 heavy (non-hydrogen) atoms. The third-order valence-electron chi connectivity index (χ3n) is 4.81. The molecule has 1 unspecified atom stereocenters. The fourth-order valence-corrected chi connectivity index (χ4v) is 3.55. The highest BCUT2D eigenvalue weighted by Crippen LogP contribution is 2.32. The zero-order valence-corrected chi connectivity index (χ0v) is 14.3. The van der Waals surface area contributed by atoms with Gasteiger partial charge < -0.3 is 9.80 Å². The van der Waals surface area contributed by atoms with Crippen LogP contribution in [0.3, 0.4) is 0 Å². The molecule has 1 aromatic rings. The van der Waals surface area contributed by atoms with Gasteiger partial charge in [-0.1, -0.05) is 12.1 Å². The van der Waals surface area contributed by atoms with E-state index >= 15 is 0 Å². The second kappa shape index (κ2) is 7.21. The summed E-state index contributed by atoms with van der Waals surface area (Å²) >= 11 is 0. The quantitative estimate of drug-likeness (QED) is 0.767. The number of amides is 4. The predicted octanol–water partition coefficient (Wildman–Crippen LogP) is 2.16. The molecule has 7 heteroatoms. The third kappa shape index (κ3) is 3.65. The number of rotatable bonds is 5. The minimum absolute atomic E-state index is 0.0146. The average molecular weight is 347 g/mol. The van der Waals surface area contributed by atoms with Crippen LogP contribution in [0.2, 0.25) is 0 Å². The molecule has 134 valence electrons. The van der Waals surface area contributed by atoms with Gasteiger partial charge in [0.05, 0.1) is 6.04 Å². The lowest BCUT2D eigenvalue weighted by Crippen LogP contribution is -2.34. The molecular weight excluding hydrogens is 325 g/mol. The smallest absolute Gasteiger partial charge is 0.326 e. The molecule has 6 nitrogen and oxygen atoms in total. The molecule has 2 fully saturated rings. The maximum atomic E-state index is 13.5. The first-order valence-electron chi connectivity index (χ1n) is 8.58. The van der Waals surface area contributed by atoms with Crippen molar-refractivity contribution in [2.45, 2.75) is 31.7 Å². The molecular formula is C18H22FN3O3. The van der Waals surface area contributed by atoms with Crippen LogP contribution in [0, 0.1) is 5.82 Å². The molecule has 2 heterocycles. The molecule has 2 aliphatic rings. The molecule has 0 N–H and O–H groups in total. The second-order valence-corrected chi connectivity index (χ2v) is 6.59. The highest BCUT2D eigenvalue weighted by molar-refractivity contribution is 6.01. The summed E-state index contributed by atoms with van der Waals surface area (Å²) in [5, 5.41) is 0. The lowest BCUT2D eigenvalue weighted by Gasteiger charge is -2.25. The van der Waals surface area contributed by atoms with Crippen LogP contribution in [-0.4, -0.2) is 59.2 Å². The third-order valence-corrected chi connectivity index (χ3v) is 4.81. The van der Waals surface area contributed by atoms with E-state index in [9.17, 15) is 18.8 Å². The van der Waals surface area contributed by atoms with Crippen LogP contribution in [0.5, 0.6) is 0 Å². The van der Waals surface area contributed by atoms with Gasteiger partial charge in [0.15, 0.2) is 0 Å². The predicted molar refractivity (Wildman–Crippen MR) is 89.1 cm³/mol. The van der Waals surface area contributed by atoms with Crippen LogP contribution >= 0.6 is 0 Å². The van der Waals surface area contributed by atoms with E-state index in [2.05, 4.69) is 0 Å². The summed E-state index contributed by atoms with van der Waals surface area (Å²) in [6.45, 7) is 1.01. The molecule has 0 radical (unpaired) electrons. The van der Waals surface area contributed by atoms with E-state index in [4.69, 9.17) is 0 Å². The van der Waals surface area contributed by atoms with Gasteiger partial charge in [0, 0.05) is 26.6 Å². The SMILES string of the molecule is CN1CC(=O)N(CCCC(=O)N2CCCC2c2cccc(F)c2)C1=O. The van der Waals surface area contributed by atoms with Gasteiger partial charge in [-0.05, 0) is 37.0 Å². The average Bonchev–Trinajstić information content (AvgIpc) is 3.15. The van der Waals surface area contributed by atoms with E-state index in [1.807, 2.05) is 6.07 Å². The lowest BCUT2D eigenvalue weighted by atomic mass is 10.0. The number of imide groups is 1. The highest BCUT2D eigenvalue weighted by Gasteiger charge is 2.34. The van der Waals surface area contributed by atoms with Crippen LogP contribution in [-0.2, 0) is 9.59 Å². The fraction of sp³-hybridized carbons (Fsp3) is 0.500. The van der Waals surface area contributed by atoms with E-state index in [0.29, 0.717) is 13.0 Å². The first kappa shape index (κ1) is 17.4. The Hall–Kier alpha value is -2.44. The molecule has 2 saturated heterocycles. The Labute approximate surface area is 146 Å². The van der Waals surface area contributed by atoms with Gasteiger partial charge in [-0.2, -0.15) is 0 Å². The van der Waals surface area contributed by atoms with E-state index in [-0.39, 0.29) is 49.2 Å². The van der Waals surface area contributed by atoms with Gasteiger partial charge in [-0.25, -0.2) is 9.18 Å². The molecule has 4 amide bonds. The number of likely N-dealkylation sites (tertiary alicyclic amines) is 1. The van der Waals surface area contributed by atoms with Crippen LogP contribution < -0.4 is 0 Å². The first-order valence-corrected chi connectivity index (χ1v) is 8.58. The van der Waals surface area contributed by atoms with Crippen molar-refractivity contribution < 1.29 is 18.8 Å². The number of halogens is 1. The molecule has 1 atom stereocenters. The number of likely N-dealkylation sites (N-methyl/N-ethyl adjacent to an activating group) is 1. The zero-order valence-electron chi connectivity index (χ0n) is 14.3. The van der Waals surface area contributed by atoms with Crippen LogP contribution in [0.25, 0.3) is 0 Å². The largest absolute Gasteiger partial charge is 0.336 e. The maximum absolute atomic E-state index is 13.5. The molecule has 3 rings (SSSR count). The summed E-state index contributed by atoms with van der Waals surface area (Å²) < 4.78 is 13.5. The summed E-state index contributed by atoms with van der Waals surface area (Å²) in [5.74, 6) is -0.537. The number of urea groups is 1. The van der Waals surface area contributed by atoms with Crippen LogP contribution in [0.1, 0.15) is 37.3 Å². The van der Waals surface area contributed by atoms with Gasteiger partial charge >= 0.3 is 6.03 Å². The van der Waals surface area contributed by atoms with Gasteiger partial charge in [0.25, 0.3) is 0 Å². The number of hydrogen-bond acceptors (Lipinski definition) is 3. The molecule has 0 aromatic heterocycles. The Morgan fingerprint density at radius 2 is 2.12 bits per heavy atom. The maximum Gasteiger partial charge on any atom is 0.326 e. The van der Waals surface area contributed by atoms with E-state index in [0.717, 1.165) is 18.4 Å². The lowest BCUT2D eigenvalue weighted by molar-refractivity contribution is -0.133. The number of nitrogens with zero attached hydrogens (tertiary/aromatic N) is 3. The van der Waals surface area contributed by atoms with Gasteiger partial charge in [-0.15, -0.1) is 0 Å². The summed E-state index contributed by atoms with van der Waals surface area (Å²) in [6.07, 6.45) is 2.42. The first-order chi connectivity index (χ1) is 12.0. The number of hydrogen-bond donors (Lipinski definition) is 0. The molecule has 0 saturated carbocycles. The molecule has 1 aromatic carbocycles. The number of benzene rings is 1. The van der Waals surface area contributed by atoms with Crippen molar-refractivity contribution in [3.8, 4) is 0 Å². The summed E-state index contributed by atoms with van der Waals surface area (Å²) in [7, 11) is 1.58. The van der Waals surface area contributed by atoms with E-state index < -0.39 is 0 Å². The van der Waals surface area contributed by atoms with Gasteiger partial charge in [0.1, 0.15) is 12.4 Å². The normalized spacial score (nSPS) is 20.7. The molecule has 0 spiro atoms. The van der Waals surface area contributed by atoms with Crippen molar-refractivity contribution in [3.63, 3.8) is 0 Å². The Morgan fingerprint density at radius 3 is 2.80 bits per heavy atom. The zero-order chi connectivity index (χ0) is 18.0. The Kier molecular flexibility index (Phi) is 5.01. The van der Waals surface area contributed by atoms with Crippen LogP contribution in [0.15, 0.2) is 24.3 Å². The Morgan fingerprint density at radius 1 is 1.32 bits per heavy atom. The Bertz CT molecular complexity index is 694. The molecule has 0 bridgehead atoms. The monoisotopic (exact) mass is 347 g/mol. The summed E-state index contributed by atoms with van der Waals surface area (Å²) in [5.41, 5.74) is 0.817. The van der Waals surface area contributed by atoms with Crippen molar-refractivity contribution in [2.75, 3.05) is 26.7 Å². The summed E-state index contributed by atoms with van der Waals surface area (Å²) in [6, 6.07) is 5.98. The standard InChI is InChI=1S/C18H22FN3O3/c1-20-12-17(24)22(18(20)25)10-4-8-16(23)21-9-3-7-15(21)13-5-2-6-14(19)11-13/h2,5-6,11,15H,3-4,7-10,12H2,1H3. The minimum Gasteiger partial charge on any atom is -0.336 e. The number of carbonyl (C=O) groups is 3. The van der Waals surface area contributed by atoms with Crippen molar-refractivity contribution in [1.29, 1.82) is 0 Å². The van der Waals surface area contributed by atoms with Gasteiger partial charge in [-0.3, -0.25) is 14.5 Å². The van der Waals surface area contributed by atoms with Crippen molar-refractivity contribution in [1.82, 2.24) is 14.7 Å². The van der Waals surface area contributed by atoms with E-state index in [1.54, 1.807) is 18.0 Å². The van der Waals surface area contributed by atoms with Crippen molar-refractivity contribution in [2.24, 2.45) is 0 Å².